The van der Waals surface area contributed by atoms with Gasteiger partial charge in [0, 0.05) is 25.9 Å². The van der Waals surface area contributed by atoms with Crippen molar-refractivity contribution < 1.29 is 9.59 Å². The number of hydrogen-bond donors (Lipinski definition) is 0. The average molecular weight is 295 g/mol. The van der Waals surface area contributed by atoms with E-state index in [1.54, 1.807) is 0 Å². The summed E-state index contributed by atoms with van der Waals surface area (Å²) in [5, 5.41) is 1.89. The van der Waals surface area contributed by atoms with E-state index in [1.165, 1.54) is 11.3 Å². The molecule has 0 aliphatic heterocycles. The SMILES string of the molecule is CCCCN(CCCC)C(=O)CCC(=O)c1cccs1. The van der Waals surface area contributed by atoms with Crippen molar-refractivity contribution in [3.05, 3.63) is 22.4 Å². The van der Waals surface area contributed by atoms with Gasteiger partial charge in [-0.1, -0.05) is 32.8 Å². The first-order chi connectivity index (χ1) is 9.69. The van der Waals surface area contributed by atoms with Gasteiger partial charge < -0.3 is 4.90 Å². The quantitative estimate of drug-likeness (QED) is 0.608. The van der Waals surface area contributed by atoms with E-state index in [1.807, 2.05) is 22.4 Å². The molecule has 3 nitrogen and oxygen atoms in total. The Morgan fingerprint density at radius 2 is 1.75 bits per heavy atom. The highest BCUT2D eigenvalue weighted by atomic mass is 32.1. The highest BCUT2D eigenvalue weighted by Gasteiger charge is 2.15. The summed E-state index contributed by atoms with van der Waals surface area (Å²) in [5.74, 6) is 0.205. The predicted octanol–water partition coefficient (Wildman–Crippen LogP) is 4.14. The molecule has 1 aromatic heterocycles. The minimum absolute atomic E-state index is 0.0827. The van der Waals surface area contributed by atoms with Crippen molar-refractivity contribution in [2.45, 2.75) is 52.4 Å². The molecule has 0 aromatic carbocycles. The van der Waals surface area contributed by atoms with Gasteiger partial charge >= 0.3 is 0 Å². The van der Waals surface area contributed by atoms with Gasteiger partial charge in [0.15, 0.2) is 5.78 Å². The number of thiophene rings is 1. The Morgan fingerprint density at radius 3 is 2.25 bits per heavy atom. The lowest BCUT2D eigenvalue weighted by atomic mass is 10.1. The second-order valence-electron chi connectivity index (χ2n) is 4.99. The molecular weight excluding hydrogens is 270 g/mol. The molecule has 20 heavy (non-hydrogen) atoms. The van der Waals surface area contributed by atoms with Gasteiger partial charge in [-0.2, -0.15) is 0 Å². The third-order valence-corrected chi connectivity index (χ3v) is 4.19. The lowest BCUT2D eigenvalue weighted by Crippen LogP contribution is -2.33. The number of ketones is 1. The van der Waals surface area contributed by atoms with Crippen molar-refractivity contribution in [2.24, 2.45) is 0 Å². The summed E-state index contributed by atoms with van der Waals surface area (Å²) in [5.41, 5.74) is 0. The highest BCUT2D eigenvalue weighted by molar-refractivity contribution is 7.12. The van der Waals surface area contributed by atoms with Crippen molar-refractivity contribution in [1.29, 1.82) is 0 Å². The first-order valence-corrected chi connectivity index (χ1v) is 8.41. The minimum Gasteiger partial charge on any atom is -0.343 e. The van der Waals surface area contributed by atoms with Gasteiger partial charge in [-0.05, 0) is 24.3 Å². The van der Waals surface area contributed by atoms with Gasteiger partial charge in [0.05, 0.1) is 4.88 Å². The van der Waals surface area contributed by atoms with Crippen molar-refractivity contribution >= 4 is 23.0 Å². The molecule has 0 aliphatic carbocycles. The van der Waals surface area contributed by atoms with E-state index in [-0.39, 0.29) is 11.7 Å². The lowest BCUT2D eigenvalue weighted by Gasteiger charge is -2.22. The molecule has 0 bridgehead atoms. The molecule has 4 heteroatoms. The zero-order valence-electron chi connectivity index (χ0n) is 12.6. The molecule has 1 heterocycles. The van der Waals surface area contributed by atoms with Gasteiger partial charge in [-0.3, -0.25) is 9.59 Å². The first-order valence-electron chi connectivity index (χ1n) is 7.53. The van der Waals surface area contributed by atoms with Crippen LogP contribution in [0.4, 0.5) is 0 Å². The van der Waals surface area contributed by atoms with Crippen LogP contribution in [-0.2, 0) is 4.79 Å². The Kier molecular flexibility index (Phi) is 8.19. The average Bonchev–Trinajstić information content (AvgIpc) is 2.99. The molecule has 112 valence electrons. The van der Waals surface area contributed by atoms with Crippen LogP contribution in [0.25, 0.3) is 0 Å². The van der Waals surface area contributed by atoms with Crippen LogP contribution in [0.3, 0.4) is 0 Å². The monoisotopic (exact) mass is 295 g/mol. The standard InChI is InChI=1S/C16H25NO2S/c1-3-5-11-17(12-6-4-2)16(19)10-9-14(18)15-8-7-13-20-15/h7-8,13H,3-6,9-12H2,1-2H3. The van der Waals surface area contributed by atoms with E-state index in [0.29, 0.717) is 12.8 Å². The minimum atomic E-state index is 0.0827. The molecule has 0 atom stereocenters. The second-order valence-corrected chi connectivity index (χ2v) is 5.94. The molecule has 0 N–H and O–H groups in total. The number of amides is 1. The molecule has 0 saturated heterocycles. The Morgan fingerprint density at radius 1 is 1.10 bits per heavy atom. The third-order valence-electron chi connectivity index (χ3n) is 3.28. The maximum Gasteiger partial charge on any atom is 0.223 e. The summed E-state index contributed by atoms with van der Waals surface area (Å²) >= 11 is 1.44. The van der Waals surface area contributed by atoms with E-state index in [2.05, 4.69) is 13.8 Å². The second kappa shape index (κ2) is 9.70. The number of hydrogen-bond acceptors (Lipinski definition) is 3. The van der Waals surface area contributed by atoms with Gasteiger partial charge in [-0.15, -0.1) is 11.3 Å². The molecule has 0 radical (unpaired) electrons. The number of nitrogens with zero attached hydrogens (tertiary/aromatic N) is 1. The van der Waals surface area contributed by atoms with Crippen LogP contribution in [0.1, 0.15) is 62.0 Å². The maximum absolute atomic E-state index is 12.2. The number of rotatable bonds is 10. The number of carbonyl (C=O) groups is 2. The molecule has 1 amide bonds. The fraction of sp³-hybridized carbons (Fsp3) is 0.625. The van der Waals surface area contributed by atoms with E-state index < -0.39 is 0 Å². The van der Waals surface area contributed by atoms with E-state index >= 15 is 0 Å². The van der Waals surface area contributed by atoms with E-state index in [9.17, 15) is 9.59 Å². The normalized spacial score (nSPS) is 10.5. The first kappa shape index (κ1) is 16.9. The molecule has 0 saturated carbocycles. The van der Waals surface area contributed by atoms with Gasteiger partial charge in [0.1, 0.15) is 0 Å². The van der Waals surface area contributed by atoms with E-state index in [0.717, 1.165) is 43.6 Å². The molecule has 0 fully saturated rings. The summed E-state index contributed by atoms with van der Waals surface area (Å²) in [6, 6.07) is 3.69. The van der Waals surface area contributed by atoms with Gasteiger partial charge in [0.2, 0.25) is 5.91 Å². The maximum atomic E-state index is 12.2. The fourth-order valence-corrected chi connectivity index (χ4v) is 2.69. The molecular formula is C16H25NO2S. The molecule has 1 rings (SSSR count). The van der Waals surface area contributed by atoms with E-state index in [4.69, 9.17) is 0 Å². The molecule has 0 unspecified atom stereocenters. The van der Waals surface area contributed by atoms with Crippen molar-refractivity contribution in [2.75, 3.05) is 13.1 Å². The van der Waals surface area contributed by atoms with Crippen LogP contribution in [0.15, 0.2) is 17.5 Å². The highest BCUT2D eigenvalue weighted by Crippen LogP contribution is 2.13. The van der Waals surface area contributed by atoms with Crippen molar-refractivity contribution in [3.8, 4) is 0 Å². The van der Waals surface area contributed by atoms with Crippen LogP contribution in [-0.4, -0.2) is 29.7 Å². The summed E-state index contributed by atoms with van der Waals surface area (Å²) in [6.07, 6.45) is 4.91. The zero-order chi connectivity index (χ0) is 14.8. The zero-order valence-corrected chi connectivity index (χ0v) is 13.4. The Labute approximate surface area is 126 Å². The Bertz CT molecular complexity index is 393. The molecule has 1 aromatic rings. The lowest BCUT2D eigenvalue weighted by molar-refractivity contribution is -0.131. The van der Waals surface area contributed by atoms with Crippen molar-refractivity contribution in [3.63, 3.8) is 0 Å². The van der Waals surface area contributed by atoms with Crippen LogP contribution < -0.4 is 0 Å². The van der Waals surface area contributed by atoms with Crippen LogP contribution in [0, 0.1) is 0 Å². The van der Waals surface area contributed by atoms with Crippen LogP contribution in [0.5, 0.6) is 0 Å². The third kappa shape index (κ3) is 5.87. The fourth-order valence-electron chi connectivity index (χ4n) is 2.00. The number of Topliss-reactive ketones (excluding diaryl/α,β-unsaturated/α-hetero) is 1. The summed E-state index contributed by atoms with van der Waals surface area (Å²) in [7, 11) is 0. The molecule has 0 spiro atoms. The van der Waals surface area contributed by atoms with Crippen LogP contribution >= 0.6 is 11.3 Å². The summed E-state index contributed by atoms with van der Waals surface area (Å²) in [4.78, 5) is 26.8. The van der Waals surface area contributed by atoms with Gasteiger partial charge in [-0.25, -0.2) is 0 Å². The van der Waals surface area contributed by atoms with Crippen LogP contribution in [0.2, 0.25) is 0 Å². The Balaban J connectivity index is 2.42. The van der Waals surface area contributed by atoms with Crippen molar-refractivity contribution in [1.82, 2.24) is 4.90 Å². The molecule has 0 aliphatic rings. The number of unbranched alkanes of at least 4 members (excludes halogenated alkanes) is 2. The smallest absolute Gasteiger partial charge is 0.223 e. The Hall–Kier alpha value is -1.16. The van der Waals surface area contributed by atoms with Gasteiger partial charge in [0.25, 0.3) is 0 Å². The number of carbonyl (C=O) groups excluding carboxylic acids is 2. The topological polar surface area (TPSA) is 37.4 Å². The summed E-state index contributed by atoms with van der Waals surface area (Å²) in [6.45, 7) is 5.90. The predicted molar refractivity (Wildman–Crippen MR) is 84.3 cm³/mol. The largest absolute Gasteiger partial charge is 0.343 e. The summed E-state index contributed by atoms with van der Waals surface area (Å²) < 4.78 is 0.